The van der Waals surface area contributed by atoms with Gasteiger partial charge in [0.2, 0.25) is 0 Å². The zero-order valence-corrected chi connectivity index (χ0v) is 13.5. The summed E-state index contributed by atoms with van der Waals surface area (Å²) < 4.78 is 1.07. The highest BCUT2D eigenvalue weighted by atomic mass is 79.9. The molecule has 2 nitrogen and oxygen atoms in total. The molecular weight excluding hydrogens is 300 g/mol. The Bertz CT molecular complexity index is 358. The monoisotopic (exact) mass is 324 g/mol. The zero-order valence-electron chi connectivity index (χ0n) is 11.9. The second-order valence-corrected chi connectivity index (χ2v) is 6.60. The van der Waals surface area contributed by atoms with Crippen molar-refractivity contribution in [1.82, 2.24) is 10.3 Å². The van der Waals surface area contributed by atoms with Crippen LogP contribution in [0.2, 0.25) is 0 Å². The molecule has 0 aromatic carbocycles. The first-order valence-electron chi connectivity index (χ1n) is 7.60. The fourth-order valence-electron chi connectivity index (χ4n) is 3.09. The van der Waals surface area contributed by atoms with Crippen molar-refractivity contribution in [2.45, 2.75) is 45.4 Å². The van der Waals surface area contributed by atoms with E-state index in [4.69, 9.17) is 0 Å². The van der Waals surface area contributed by atoms with Crippen molar-refractivity contribution in [2.24, 2.45) is 11.8 Å². The third-order valence-corrected chi connectivity index (χ3v) is 4.63. The average molecular weight is 325 g/mol. The lowest BCUT2D eigenvalue weighted by atomic mass is 9.87. The minimum atomic E-state index is 0.753. The second kappa shape index (κ2) is 8.01. The van der Waals surface area contributed by atoms with Crippen molar-refractivity contribution in [3.8, 4) is 0 Å². The van der Waals surface area contributed by atoms with Crippen LogP contribution in [-0.4, -0.2) is 18.1 Å². The number of halogens is 1. The van der Waals surface area contributed by atoms with E-state index >= 15 is 0 Å². The van der Waals surface area contributed by atoms with Gasteiger partial charge in [-0.15, -0.1) is 0 Å². The van der Waals surface area contributed by atoms with Gasteiger partial charge in [0.1, 0.15) is 0 Å². The fourth-order valence-corrected chi connectivity index (χ4v) is 3.33. The van der Waals surface area contributed by atoms with Gasteiger partial charge in [-0.3, -0.25) is 4.98 Å². The van der Waals surface area contributed by atoms with Crippen molar-refractivity contribution >= 4 is 15.9 Å². The van der Waals surface area contributed by atoms with E-state index in [1.807, 2.05) is 6.20 Å². The predicted molar refractivity (Wildman–Crippen MR) is 84.2 cm³/mol. The summed E-state index contributed by atoms with van der Waals surface area (Å²) in [5.41, 5.74) is 1.23. The molecule has 0 saturated heterocycles. The Labute approximate surface area is 125 Å². The number of hydrogen-bond donors (Lipinski definition) is 1. The van der Waals surface area contributed by atoms with Crippen molar-refractivity contribution < 1.29 is 0 Å². The molecule has 1 aromatic rings. The number of aromatic nitrogens is 1. The molecule has 0 amide bonds. The van der Waals surface area contributed by atoms with E-state index in [-0.39, 0.29) is 0 Å². The van der Waals surface area contributed by atoms with Crippen LogP contribution in [0, 0.1) is 11.8 Å². The molecule has 0 aliphatic heterocycles. The van der Waals surface area contributed by atoms with Crippen LogP contribution in [0.5, 0.6) is 0 Å². The van der Waals surface area contributed by atoms with Gasteiger partial charge in [-0.2, -0.15) is 0 Å². The lowest BCUT2D eigenvalue weighted by Gasteiger charge is -2.23. The number of nitrogens with zero attached hydrogens (tertiary/aromatic N) is 1. The molecule has 1 atom stereocenters. The minimum absolute atomic E-state index is 0.753. The summed E-state index contributed by atoms with van der Waals surface area (Å²) >= 11 is 3.45. The Morgan fingerprint density at radius 2 is 2.16 bits per heavy atom. The molecule has 1 heterocycles. The molecule has 1 unspecified atom stereocenters. The maximum absolute atomic E-state index is 4.54. The predicted octanol–water partition coefficient (Wildman–Crippen LogP) is 4.19. The minimum Gasteiger partial charge on any atom is -0.316 e. The van der Waals surface area contributed by atoms with Crippen LogP contribution in [0.25, 0.3) is 0 Å². The van der Waals surface area contributed by atoms with Gasteiger partial charge in [0.05, 0.1) is 0 Å². The summed E-state index contributed by atoms with van der Waals surface area (Å²) in [5, 5.41) is 3.61. The standard InChI is InChI=1S/C16H25BrN2/c1-2-9-18-11-14(13-5-3-4-6-13)10-16-8-7-15(17)12-19-16/h7-8,12-14,18H,2-6,9-11H2,1H3. The van der Waals surface area contributed by atoms with Crippen molar-refractivity contribution in [2.75, 3.05) is 13.1 Å². The van der Waals surface area contributed by atoms with E-state index in [0.29, 0.717) is 0 Å². The van der Waals surface area contributed by atoms with Gasteiger partial charge in [0.15, 0.2) is 0 Å². The maximum atomic E-state index is 4.54. The van der Waals surface area contributed by atoms with Crippen molar-refractivity contribution in [3.05, 3.63) is 28.5 Å². The molecule has 2 rings (SSSR count). The quantitative estimate of drug-likeness (QED) is 0.760. The van der Waals surface area contributed by atoms with Gasteiger partial charge < -0.3 is 5.32 Å². The van der Waals surface area contributed by atoms with Gasteiger partial charge in [-0.1, -0.05) is 32.6 Å². The van der Waals surface area contributed by atoms with E-state index in [9.17, 15) is 0 Å². The molecule has 106 valence electrons. The van der Waals surface area contributed by atoms with E-state index in [0.717, 1.165) is 35.8 Å². The van der Waals surface area contributed by atoms with E-state index in [1.165, 1.54) is 37.8 Å². The third kappa shape index (κ3) is 4.88. The summed E-state index contributed by atoms with van der Waals surface area (Å²) in [6.45, 7) is 4.51. The summed E-state index contributed by atoms with van der Waals surface area (Å²) in [5.74, 6) is 1.65. The first kappa shape index (κ1) is 15.0. The van der Waals surface area contributed by atoms with Crippen LogP contribution in [-0.2, 0) is 6.42 Å². The Hall–Kier alpha value is -0.410. The number of nitrogens with one attached hydrogen (secondary N) is 1. The van der Waals surface area contributed by atoms with Crippen LogP contribution in [0.1, 0.15) is 44.7 Å². The Balaban J connectivity index is 1.93. The molecule has 1 aliphatic carbocycles. The molecule has 19 heavy (non-hydrogen) atoms. The smallest absolute Gasteiger partial charge is 0.0413 e. The van der Waals surface area contributed by atoms with Crippen LogP contribution in [0.15, 0.2) is 22.8 Å². The summed E-state index contributed by atoms with van der Waals surface area (Å²) in [7, 11) is 0. The summed E-state index contributed by atoms with van der Waals surface area (Å²) in [4.78, 5) is 4.54. The Morgan fingerprint density at radius 3 is 2.79 bits per heavy atom. The van der Waals surface area contributed by atoms with Gasteiger partial charge >= 0.3 is 0 Å². The zero-order chi connectivity index (χ0) is 13.5. The molecule has 1 saturated carbocycles. The van der Waals surface area contributed by atoms with Gasteiger partial charge in [-0.05, 0) is 65.8 Å². The first-order valence-corrected chi connectivity index (χ1v) is 8.40. The van der Waals surface area contributed by atoms with E-state index in [1.54, 1.807) is 0 Å². The number of rotatable bonds is 7. The van der Waals surface area contributed by atoms with Crippen molar-refractivity contribution in [3.63, 3.8) is 0 Å². The van der Waals surface area contributed by atoms with Gasteiger partial charge in [0.25, 0.3) is 0 Å². The van der Waals surface area contributed by atoms with Crippen LogP contribution in [0.3, 0.4) is 0 Å². The molecule has 1 N–H and O–H groups in total. The highest BCUT2D eigenvalue weighted by molar-refractivity contribution is 9.10. The van der Waals surface area contributed by atoms with Crippen LogP contribution < -0.4 is 5.32 Å². The molecule has 3 heteroatoms. The maximum Gasteiger partial charge on any atom is 0.0413 e. The van der Waals surface area contributed by atoms with Crippen LogP contribution >= 0.6 is 15.9 Å². The molecule has 1 fully saturated rings. The van der Waals surface area contributed by atoms with E-state index < -0.39 is 0 Å². The van der Waals surface area contributed by atoms with Gasteiger partial charge in [0, 0.05) is 16.4 Å². The lowest BCUT2D eigenvalue weighted by Crippen LogP contribution is -2.29. The molecule has 0 bridgehead atoms. The topological polar surface area (TPSA) is 24.9 Å². The second-order valence-electron chi connectivity index (χ2n) is 5.68. The number of pyridine rings is 1. The molecule has 1 aromatic heterocycles. The average Bonchev–Trinajstić information content (AvgIpc) is 2.94. The van der Waals surface area contributed by atoms with Crippen LogP contribution in [0.4, 0.5) is 0 Å². The molecular formula is C16H25BrN2. The Morgan fingerprint density at radius 1 is 1.37 bits per heavy atom. The lowest BCUT2D eigenvalue weighted by molar-refractivity contribution is 0.319. The summed E-state index contributed by atoms with van der Waals surface area (Å²) in [6.07, 6.45) is 9.92. The fraction of sp³-hybridized carbons (Fsp3) is 0.688. The summed E-state index contributed by atoms with van der Waals surface area (Å²) in [6, 6.07) is 4.26. The molecule has 0 spiro atoms. The molecule has 0 radical (unpaired) electrons. The van der Waals surface area contributed by atoms with Crippen molar-refractivity contribution in [1.29, 1.82) is 0 Å². The van der Waals surface area contributed by atoms with Gasteiger partial charge in [-0.25, -0.2) is 0 Å². The SMILES string of the molecule is CCCNCC(Cc1ccc(Br)cn1)C1CCCC1. The highest BCUT2D eigenvalue weighted by Gasteiger charge is 2.25. The number of hydrogen-bond acceptors (Lipinski definition) is 2. The molecule has 1 aliphatic rings. The third-order valence-electron chi connectivity index (χ3n) is 4.16. The van der Waals surface area contributed by atoms with E-state index in [2.05, 4.69) is 45.3 Å². The highest BCUT2D eigenvalue weighted by Crippen LogP contribution is 2.32. The normalized spacial score (nSPS) is 17.8. The Kier molecular flexibility index (Phi) is 6.32. The largest absolute Gasteiger partial charge is 0.316 e. The first-order chi connectivity index (χ1) is 9.29.